The van der Waals surface area contributed by atoms with Gasteiger partial charge in [0.15, 0.2) is 0 Å². The molecule has 1 heterocycles. The number of nitrogens with zero attached hydrogens (tertiary/aromatic N) is 1. The highest BCUT2D eigenvalue weighted by Gasteiger charge is 2.33. The molecule has 1 aromatic carbocycles. The van der Waals surface area contributed by atoms with Crippen molar-refractivity contribution in [3.63, 3.8) is 0 Å². The summed E-state index contributed by atoms with van der Waals surface area (Å²) in [4.78, 5) is 2.08. The van der Waals surface area contributed by atoms with Crippen LogP contribution in [0.1, 0.15) is 30.5 Å². The highest BCUT2D eigenvalue weighted by Crippen LogP contribution is 2.38. The van der Waals surface area contributed by atoms with Crippen LogP contribution in [0.5, 0.6) is 0 Å². The number of nitrogens with one attached hydrogen (secondary N) is 1. The van der Waals surface area contributed by atoms with Crippen molar-refractivity contribution in [1.29, 1.82) is 0 Å². The first-order valence-corrected chi connectivity index (χ1v) is 6.08. The SMILES string of the molecule is CCN(C)[C@@H]1CCNc2ccc(C(F)(F)F)cc21. The number of hydrogen-bond acceptors (Lipinski definition) is 2. The van der Waals surface area contributed by atoms with Crippen LogP contribution in [0.2, 0.25) is 0 Å². The van der Waals surface area contributed by atoms with Crippen molar-refractivity contribution in [3.05, 3.63) is 29.3 Å². The Balaban J connectivity index is 2.41. The Hall–Kier alpha value is -1.23. The van der Waals surface area contributed by atoms with Crippen LogP contribution < -0.4 is 5.32 Å². The number of halogens is 3. The lowest BCUT2D eigenvalue weighted by atomic mass is 9.94. The van der Waals surface area contributed by atoms with E-state index in [1.54, 1.807) is 0 Å². The Kier molecular flexibility index (Phi) is 3.52. The molecule has 100 valence electrons. The normalized spacial score (nSPS) is 19.6. The summed E-state index contributed by atoms with van der Waals surface area (Å²) in [7, 11) is 1.94. The lowest BCUT2D eigenvalue weighted by molar-refractivity contribution is -0.137. The molecule has 0 unspecified atom stereocenters. The van der Waals surface area contributed by atoms with E-state index >= 15 is 0 Å². The van der Waals surface area contributed by atoms with Gasteiger partial charge in [-0.15, -0.1) is 0 Å². The van der Waals surface area contributed by atoms with Gasteiger partial charge in [0.2, 0.25) is 0 Å². The van der Waals surface area contributed by atoms with Crippen molar-refractivity contribution in [2.75, 3.05) is 25.5 Å². The second-order valence-electron chi connectivity index (χ2n) is 4.60. The summed E-state index contributed by atoms with van der Waals surface area (Å²) in [5.41, 5.74) is 0.999. The molecule has 2 nitrogen and oxygen atoms in total. The van der Waals surface area contributed by atoms with Gasteiger partial charge in [-0.1, -0.05) is 6.92 Å². The predicted molar refractivity (Wildman–Crippen MR) is 65.6 cm³/mol. The number of rotatable bonds is 2. The van der Waals surface area contributed by atoms with Crippen molar-refractivity contribution in [3.8, 4) is 0 Å². The molecular weight excluding hydrogens is 241 g/mol. The van der Waals surface area contributed by atoms with Crippen LogP contribution in [0.15, 0.2) is 18.2 Å². The highest BCUT2D eigenvalue weighted by molar-refractivity contribution is 5.56. The molecule has 0 aliphatic carbocycles. The molecule has 1 aromatic rings. The molecule has 1 N–H and O–H groups in total. The van der Waals surface area contributed by atoms with Gasteiger partial charge in [-0.25, -0.2) is 0 Å². The van der Waals surface area contributed by atoms with Crippen molar-refractivity contribution >= 4 is 5.69 Å². The molecular formula is C13H17F3N2. The minimum Gasteiger partial charge on any atom is -0.385 e. The lowest BCUT2D eigenvalue weighted by Crippen LogP contribution is -2.30. The monoisotopic (exact) mass is 258 g/mol. The van der Waals surface area contributed by atoms with E-state index in [9.17, 15) is 13.2 Å². The topological polar surface area (TPSA) is 15.3 Å². The Bertz CT molecular complexity index is 429. The van der Waals surface area contributed by atoms with Crippen molar-refractivity contribution in [2.45, 2.75) is 25.6 Å². The Morgan fingerprint density at radius 3 is 2.72 bits per heavy atom. The summed E-state index contributed by atoms with van der Waals surface area (Å²) in [5.74, 6) is 0. The minimum absolute atomic E-state index is 0.0635. The van der Waals surface area contributed by atoms with Gasteiger partial charge in [0.25, 0.3) is 0 Å². The van der Waals surface area contributed by atoms with E-state index in [2.05, 4.69) is 10.2 Å². The molecule has 2 rings (SSSR count). The average molecular weight is 258 g/mol. The number of hydrogen-bond donors (Lipinski definition) is 1. The molecule has 18 heavy (non-hydrogen) atoms. The van der Waals surface area contributed by atoms with E-state index < -0.39 is 11.7 Å². The summed E-state index contributed by atoms with van der Waals surface area (Å²) in [5, 5.41) is 3.16. The van der Waals surface area contributed by atoms with Crippen LogP contribution in [0.3, 0.4) is 0 Å². The zero-order valence-corrected chi connectivity index (χ0v) is 10.5. The van der Waals surface area contributed by atoms with Crippen LogP contribution in [0.4, 0.5) is 18.9 Å². The van der Waals surface area contributed by atoms with E-state index in [4.69, 9.17) is 0 Å². The smallest absolute Gasteiger partial charge is 0.385 e. The van der Waals surface area contributed by atoms with Crippen LogP contribution in [0.25, 0.3) is 0 Å². The molecule has 0 fully saturated rings. The predicted octanol–water partition coefficient (Wildman–Crippen LogP) is 3.51. The second kappa shape index (κ2) is 4.80. The van der Waals surface area contributed by atoms with E-state index in [1.807, 2.05) is 14.0 Å². The van der Waals surface area contributed by atoms with Gasteiger partial charge >= 0.3 is 6.18 Å². The Labute approximate surface area is 105 Å². The summed E-state index contributed by atoms with van der Waals surface area (Å²) < 4.78 is 38.2. The van der Waals surface area contributed by atoms with Gasteiger partial charge in [-0.3, -0.25) is 4.90 Å². The summed E-state index contributed by atoms with van der Waals surface area (Å²) >= 11 is 0. The molecule has 0 amide bonds. The van der Waals surface area contributed by atoms with E-state index in [1.165, 1.54) is 12.1 Å². The third kappa shape index (κ3) is 2.46. The lowest BCUT2D eigenvalue weighted by Gasteiger charge is -2.33. The van der Waals surface area contributed by atoms with E-state index in [-0.39, 0.29) is 6.04 Å². The molecule has 5 heteroatoms. The molecule has 0 aromatic heterocycles. The molecule has 0 radical (unpaired) electrons. The van der Waals surface area contributed by atoms with Crippen LogP contribution in [-0.2, 0) is 6.18 Å². The Morgan fingerprint density at radius 2 is 2.11 bits per heavy atom. The van der Waals surface area contributed by atoms with Crippen LogP contribution >= 0.6 is 0 Å². The largest absolute Gasteiger partial charge is 0.416 e. The molecule has 0 saturated carbocycles. The van der Waals surface area contributed by atoms with Gasteiger partial charge < -0.3 is 5.32 Å². The Morgan fingerprint density at radius 1 is 1.39 bits per heavy atom. The standard InChI is InChI=1S/C13H17F3N2/c1-3-18(2)12-6-7-17-11-5-4-9(8-10(11)12)13(14,15)16/h4-5,8,12,17H,3,6-7H2,1-2H3/t12-/m1/s1. The molecule has 1 aliphatic heterocycles. The second-order valence-corrected chi connectivity index (χ2v) is 4.60. The summed E-state index contributed by atoms with van der Waals surface area (Å²) in [6, 6.07) is 4.01. The number of benzene rings is 1. The third-order valence-electron chi connectivity index (χ3n) is 3.50. The molecule has 0 saturated heterocycles. The maximum absolute atomic E-state index is 12.7. The highest BCUT2D eigenvalue weighted by atomic mass is 19.4. The fourth-order valence-corrected chi connectivity index (χ4v) is 2.35. The van der Waals surface area contributed by atoms with Gasteiger partial charge in [-0.05, 0) is 43.8 Å². The maximum atomic E-state index is 12.7. The van der Waals surface area contributed by atoms with Crippen molar-refractivity contribution in [1.82, 2.24) is 4.90 Å². The first kappa shape index (κ1) is 13.2. The average Bonchev–Trinajstić information content (AvgIpc) is 2.35. The molecule has 0 spiro atoms. The molecule has 1 atom stereocenters. The fourth-order valence-electron chi connectivity index (χ4n) is 2.35. The molecule has 0 bridgehead atoms. The first-order valence-electron chi connectivity index (χ1n) is 6.08. The van der Waals surface area contributed by atoms with Gasteiger partial charge in [0, 0.05) is 18.3 Å². The minimum atomic E-state index is -4.28. The number of anilines is 1. The fraction of sp³-hybridized carbons (Fsp3) is 0.538. The first-order chi connectivity index (χ1) is 8.43. The number of fused-ring (bicyclic) bond motifs is 1. The third-order valence-corrected chi connectivity index (χ3v) is 3.50. The zero-order chi connectivity index (χ0) is 13.3. The summed E-state index contributed by atoms with van der Waals surface area (Å²) in [6.07, 6.45) is -3.44. The number of alkyl halides is 3. The summed E-state index contributed by atoms with van der Waals surface area (Å²) in [6.45, 7) is 3.63. The van der Waals surface area contributed by atoms with Gasteiger partial charge in [0.05, 0.1) is 5.56 Å². The van der Waals surface area contributed by atoms with Crippen LogP contribution in [0, 0.1) is 0 Å². The zero-order valence-electron chi connectivity index (χ0n) is 10.5. The van der Waals surface area contributed by atoms with Crippen LogP contribution in [-0.4, -0.2) is 25.0 Å². The van der Waals surface area contributed by atoms with Crippen molar-refractivity contribution < 1.29 is 13.2 Å². The maximum Gasteiger partial charge on any atom is 0.416 e. The van der Waals surface area contributed by atoms with Gasteiger partial charge in [-0.2, -0.15) is 13.2 Å². The molecule has 1 aliphatic rings. The van der Waals surface area contributed by atoms with Gasteiger partial charge in [0.1, 0.15) is 0 Å². The van der Waals surface area contributed by atoms with E-state index in [0.29, 0.717) is 0 Å². The quantitative estimate of drug-likeness (QED) is 0.873. The van der Waals surface area contributed by atoms with Crippen molar-refractivity contribution in [2.24, 2.45) is 0 Å². The van der Waals surface area contributed by atoms with E-state index in [0.717, 1.165) is 36.8 Å².